The zero-order chi connectivity index (χ0) is 21.6. The summed E-state index contributed by atoms with van der Waals surface area (Å²) >= 11 is 0. The molecule has 0 atom stereocenters. The molecular weight excluding hydrogens is 391 g/mol. The number of anilines is 2. The lowest BCUT2D eigenvalue weighted by Gasteiger charge is -2.34. The summed E-state index contributed by atoms with van der Waals surface area (Å²) in [5.74, 6) is 2.62. The maximum atomic E-state index is 14.9. The molecule has 5 nitrogen and oxygen atoms in total. The highest BCUT2D eigenvalue weighted by molar-refractivity contribution is 5.92. The number of alkyl halides is 1. The number of nitrogens with zero attached hydrogens (tertiary/aromatic N) is 4. The van der Waals surface area contributed by atoms with E-state index in [0.717, 1.165) is 54.1 Å². The topological polar surface area (TPSA) is 41.5 Å². The van der Waals surface area contributed by atoms with Crippen LogP contribution in [0.5, 0.6) is 5.75 Å². The second-order valence-electron chi connectivity index (χ2n) is 8.94. The van der Waals surface area contributed by atoms with E-state index >= 15 is 0 Å². The van der Waals surface area contributed by atoms with Crippen LogP contribution in [0.25, 0.3) is 10.9 Å². The normalized spacial score (nSPS) is 18.3. The molecule has 2 heterocycles. The Morgan fingerprint density at radius 2 is 1.81 bits per heavy atom. The molecular formula is C25H29FN4O. The maximum absolute atomic E-state index is 14.9. The molecule has 2 aliphatic rings. The second kappa shape index (κ2) is 7.66. The van der Waals surface area contributed by atoms with Crippen molar-refractivity contribution < 1.29 is 9.13 Å². The van der Waals surface area contributed by atoms with Crippen molar-refractivity contribution in [1.29, 1.82) is 0 Å². The molecule has 5 rings (SSSR count). The van der Waals surface area contributed by atoms with Gasteiger partial charge in [0, 0.05) is 38.3 Å². The third-order valence-corrected chi connectivity index (χ3v) is 6.64. The lowest BCUT2D eigenvalue weighted by atomic mass is 9.88. The lowest BCUT2D eigenvalue weighted by molar-refractivity contribution is 0.301. The molecule has 162 valence electrons. The molecule has 1 saturated carbocycles. The van der Waals surface area contributed by atoms with E-state index in [4.69, 9.17) is 9.72 Å². The highest BCUT2D eigenvalue weighted by atomic mass is 19.1. The number of para-hydroxylation sites is 1. The van der Waals surface area contributed by atoms with Gasteiger partial charge in [0.1, 0.15) is 11.6 Å². The minimum atomic E-state index is -1.35. The number of piperidine rings is 1. The number of benzene rings is 2. The first-order valence-electron chi connectivity index (χ1n) is 11.0. The predicted molar refractivity (Wildman–Crippen MR) is 123 cm³/mol. The Bertz CT molecular complexity index is 1100. The van der Waals surface area contributed by atoms with Gasteiger partial charge in [0.25, 0.3) is 0 Å². The van der Waals surface area contributed by atoms with E-state index in [1.54, 1.807) is 7.11 Å². The molecule has 0 amide bonds. The summed E-state index contributed by atoms with van der Waals surface area (Å²) < 4.78 is 20.5. The fourth-order valence-electron chi connectivity index (χ4n) is 4.56. The van der Waals surface area contributed by atoms with Crippen molar-refractivity contribution in [2.75, 3.05) is 44.1 Å². The van der Waals surface area contributed by atoms with E-state index < -0.39 is 5.67 Å². The lowest BCUT2D eigenvalue weighted by Crippen LogP contribution is -2.34. The molecule has 1 saturated heterocycles. The molecule has 0 bridgehead atoms. The second-order valence-corrected chi connectivity index (χ2v) is 8.94. The standard InChI is InChI=1S/C25H29FN4O/c1-29(2)18-8-9-21-20(16-18)23(28-24(27-21)25(26)12-13-25)30-14-10-17(11-15-30)19-6-4-5-7-22(19)31-3/h4-9,16-17H,10-15H2,1-3H3. The number of fused-ring (bicyclic) bond motifs is 1. The summed E-state index contributed by atoms with van der Waals surface area (Å²) in [6.07, 6.45) is 3.05. The smallest absolute Gasteiger partial charge is 0.170 e. The van der Waals surface area contributed by atoms with Crippen molar-refractivity contribution in [1.82, 2.24) is 9.97 Å². The molecule has 1 aliphatic carbocycles. The fourth-order valence-corrected chi connectivity index (χ4v) is 4.56. The molecule has 6 heteroatoms. The summed E-state index contributed by atoms with van der Waals surface area (Å²) in [5.41, 5.74) is 1.84. The minimum absolute atomic E-state index is 0.347. The van der Waals surface area contributed by atoms with E-state index in [1.165, 1.54) is 5.56 Å². The molecule has 0 radical (unpaired) electrons. The van der Waals surface area contributed by atoms with Gasteiger partial charge in [-0.2, -0.15) is 0 Å². The maximum Gasteiger partial charge on any atom is 0.170 e. The van der Waals surface area contributed by atoms with Gasteiger partial charge in [0.15, 0.2) is 11.5 Å². The zero-order valence-electron chi connectivity index (χ0n) is 18.4. The van der Waals surface area contributed by atoms with Crippen molar-refractivity contribution in [3.63, 3.8) is 0 Å². The van der Waals surface area contributed by atoms with Gasteiger partial charge in [0.05, 0.1) is 12.6 Å². The van der Waals surface area contributed by atoms with Gasteiger partial charge in [-0.15, -0.1) is 0 Å². The van der Waals surface area contributed by atoms with Crippen LogP contribution in [-0.4, -0.2) is 44.3 Å². The first kappa shape index (κ1) is 20.0. The third-order valence-electron chi connectivity index (χ3n) is 6.64. The minimum Gasteiger partial charge on any atom is -0.496 e. The summed E-state index contributed by atoms with van der Waals surface area (Å²) in [7, 11) is 5.78. The first-order valence-corrected chi connectivity index (χ1v) is 11.0. The Morgan fingerprint density at radius 3 is 2.48 bits per heavy atom. The molecule has 2 fully saturated rings. The average Bonchev–Trinajstić information content (AvgIpc) is 3.56. The predicted octanol–water partition coefficient (Wildman–Crippen LogP) is 5.05. The quantitative estimate of drug-likeness (QED) is 0.578. The van der Waals surface area contributed by atoms with Crippen LogP contribution in [0, 0.1) is 0 Å². The van der Waals surface area contributed by atoms with Crippen molar-refractivity contribution in [3.05, 3.63) is 53.9 Å². The van der Waals surface area contributed by atoms with Crippen LogP contribution in [0.2, 0.25) is 0 Å². The number of methoxy groups -OCH3 is 1. The number of aromatic nitrogens is 2. The Morgan fingerprint density at radius 1 is 1.06 bits per heavy atom. The van der Waals surface area contributed by atoms with Crippen molar-refractivity contribution in [2.24, 2.45) is 0 Å². The van der Waals surface area contributed by atoms with Gasteiger partial charge in [0.2, 0.25) is 0 Å². The number of hydrogen-bond donors (Lipinski definition) is 0. The number of hydrogen-bond acceptors (Lipinski definition) is 5. The summed E-state index contributed by atoms with van der Waals surface area (Å²) in [5, 5.41) is 0.995. The van der Waals surface area contributed by atoms with E-state index in [1.807, 2.05) is 38.4 Å². The van der Waals surface area contributed by atoms with Crippen LogP contribution >= 0.6 is 0 Å². The van der Waals surface area contributed by atoms with Crippen LogP contribution in [-0.2, 0) is 5.67 Å². The van der Waals surface area contributed by atoms with Crippen LogP contribution in [0.4, 0.5) is 15.9 Å². The van der Waals surface area contributed by atoms with Crippen LogP contribution < -0.4 is 14.5 Å². The van der Waals surface area contributed by atoms with E-state index in [-0.39, 0.29) is 0 Å². The molecule has 1 aliphatic heterocycles. The molecule has 2 aromatic carbocycles. The molecule has 1 aromatic heterocycles. The van der Waals surface area contributed by atoms with E-state index in [2.05, 4.69) is 33.0 Å². The zero-order valence-corrected chi connectivity index (χ0v) is 18.4. The molecule has 3 aromatic rings. The summed E-state index contributed by atoms with van der Waals surface area (Å²) in [6.45, 7) is 1.75. The van der Waals surface area contributed by atoms with Crippen molar-refractivity contribution in [3.8, 4) is 5.75 Å². The van der Waals surface area contributed by atoms with Crippen molar-refractivity contribution >= 4 is 22.4 Å². The molecule has 0 N–H and O–H groups in total. The van der Waals surface area contributed by atoms with Gasteiger partial charge < -0.3 is 14.5 Å². The van der Waals surface area contributed by atoms with Gasteiger partial charge in [-0.25, -0.2) is 14.4 Å². The highest BCUT2D eigenvalue weighted by Crippen LogP contribution is 2.49. The molecule has 0 unspecified atom stereocenters. The summed E-state index contributed by atoms with van der Waals surface area (Å²) in [6, 6.07) is 14.4. The van der Waals surface area contributed by atoms with Crippen LogP contribution in [0.15, 0.2) is 42.5 Å². The van der Waals surface area contributed by atoms with Gasteiger partial charge in [-0.1, -0.05) is 18.2 Å². The first-order chi connectivity index (χ1) is 15.0. The number of rotatable bonds is 5. The molecule has 0 spiro atoms. The van der Waals surface area contributed by atoms with Crippen LogP contribution in [0.1, 0.15) is 43.0 Å². The van der Waals surface area contributed by atoms with Gasteiger partial charge in [-0.3, -0.25) is 0 Å². The van der Waals surface area contributed by atoms with Crippen molar-refractivity contribution in [2.45, 2.75) is 37.3 Å². The average molecular weight is 421 g/mol. The van der Waals surface area contributed by atoms with E-state index in [0.29, 0.717) is 24.6 Å². The Kier molecular flexibility index (Phi) is 4.95. The largest absolute Gasteiger partial charge is 0.496 e. The Hall–Kier alpha value is -2.89. The van der Waals surface area contributed by atoms with Gasteiger partial charge in [-0.05, 0) is 61.4 Å². The third kappa shape index (κ3) is 3.68. The highest BCUT2D eigenvalue weighted by Gasteiger charge is 2.48. The van der Waals surface area contributed by atoms with E-state index in [9.17, 15) is 4.39 Å². The SMILES string of the molecule is COc1ccccc1C1CCN(c2nc(C3(F)CC3)nc3ccc(N(C)C)cc23)CC1. The number of ether oxygens (including phenoxy) is 1. The molecule has 31 heavy (non-hydrogen) atoms. The monoisotopic (exact) mass is 420 g/mol. The van der Waals surface area contributed by atoms with Crippen LogP contribution in [0.3, 0.4) is 0 Å². The van der Waals surface area contributed by atoms with Gasteiger partial charge >= 0.3 is 0 Å². The fraction of sp³-hybridized carbons (Fsp3) is 0.440. The Labute approximate surface area is 182 Å². The Balaban J connectivity index is 1.48. The number of halogens is 1. The summed E-state index contributed by atoms with van der Waals surface area (Å²) in [4.78, 5) is 13.8.